The van der Waals surface area contributed by atoms with Gasteiger partial charge >= 0.3 is 0 Å². The molecule has 6 nitrogen and oxygen atoms in total. The van der Waals surface area contributed by atoms with Gasteiger partial charge in [-0.3, -0.25) is 9.69 Å². The second-order valence-electron chi connectivity index (χ2n) is 6.63. The number of benzene rings is 1. The van der Waals surface area contributed by atoms with E-state index in [-0.39, 0.29) is 12.5 Å². The van der Waals surface area contributed by atoms with Crippen molar-refractivity contribution < 1.29 is 14.3 Å². The van der Waals surface area contributed by atoms with Gasteiger partial charge in [0, 0.05) is 12.1 Å². The second-order valence-corrected chi connectivity index (χ2v) is 6.63. The second kappa shape index (κ2) is 8.72. The van der Waals surface area contributed by atoms with Crippen molar-refractivity contribution in [2.75, 3.05) is 27.8 Å². The Morgan fingerprint density at radius 3 is 2.60 bits per heavy atom. The highest BCUT2D eigenvalue weighted by atomic mass is 16.5. The first kappa shape index (κ1) is 19.1. The lowest BCUT2D eigenvalue weighted by Crippen LogP contribution is -2.51. The van der Waals surface area contributed by atoms with E-state index in [4.69, 9.17) is 9.47 Å². The highest BCUT2D eigenvalue weighted by molar-refractivity contribution is 5.79. The molecule has 6 heteroatoms. The topological polar surface area (TPSA) is 74.6 Å². The monoisotopic (exact) mass is 345 g/mol. The molecule has 0 radical (unpaired) electrons. The van der Waals surface area contributed by atoms with Crippen LogP contribution in [-0.2, 0) is 11.3 Å². The van der Waals surface area contributed by atoms with Gasteiger partial charge in [0.2, 0.25) is 5.91 Å². The molecule has 0 atom stereocenters. The van der Waals surface area contributed by atoms with E-state index >= 15 is 0 Å². The molecule has 0 heterocycles. The predicted octanol–water partition coefficient (Wildman–Crippen LogP) is 2.48. The van der Waals surface area contributed by atoms with Crippen LogP contribution in [0.25, 0.3) is 0 Å². The summed E-state index contributed by atoms with van der Waals surface area (Å²) in [5, 5.41) is 12.4. The summed E-state index contributed by atoms with van der Waals surface area (Å²) in [6.07, 6.45) is 4.59. The van der Waals surface area contributed by atoms with E-state index in [0.717, 1.165) is 37.7 Å². The number of amides is 1. The number of carbonyl (C=O) groups is 1. The zero-order valence-corrected chi connectivity index (χ0v) is 15.3. The fourth-order valence-corrected chi connectivity index (χ4v) is 3.40. The lowest BCUT2D eigenvalue weighted by Gasteiger charge is -2.32. The molecule has 0 saturated heterocycles. The number of hydrogen-bond donors (Lipinski definition) is 1. The molecule has 1 amide bonds. The summed E-state index contributed by atoms with van der Waals surface area (Å²) in [5.74, 6) is 1.23. The van der Waals surface area contributed by atoms with Crippen LogP contribution in [0.2, 0.25) is 0 Å². The summed E-state index contributed by atoms with van der Waals surface area (Å²) in [6, 6.07) is 8.01. The third kappa shape index (κ3) is 4.86. The van der Waals surface area contributed by atoms with Gasteiger partial charge in [0.15, 0.2) is 11.5 Å². The molecule has 0 bridgehead atoms. The van der Waals surface area contributed by atoms with E-state index in [0.29, 0.717) is 18.0 Å². The smallest absolute Gasteiger partial charge is 0.235 e. The Balaban J connectivity index is 1.97. The average Bonchev–Trinajstić information content (AvgIpc) is 2.61. The van der Waals surface area contributed by atoms with Crippen LogP contribution in [0, 0.1) is 11.3 Å². The molecule has 1 aromatic carbocycles. The molecule has 0 unspecified atom stereocenters. The highest BCUT2D eigenvalue weighted by Gasteiger charge is 2.33. The molecule has 0 aromatic heterocycles. The molecule has 0 aliphatic heterocycles. The van der Waals surface area contributed by atoms with E-state index < -0.39 is 5.54 Å². The van der Waals surface area contributed by atoms with Crippen LogP contribution in [0.3, 0.4) is 0 Å². The highest BCUT2D eigenvalue weighted by Crippen LogP contribution is 2.31. The van der Waals surface area contributed by atoms with Crippen molar-refractivity contribution in [3.05, 3.63) is 23.8 Å². The summed E-state index contributed by atoms with van der Waals surface area (Å²) >= 11 is 0. The number of nitriles is 1. The van der Waals surface area contributed by atoms with Gasteiger partial charge < -0.3 is 14.8 Å². The minimum atomic E-state index is -0.691. The van der Waals surface area contributed by atoms with Gasteiger partial charge in [-0.2, -0.15) is 5.26 Å². The third-order valence-corrected chi connectivity index (χ3v) is 4.64. The summed E-state index contributed by atoms with van der Waals surface area (Å²) in [7, 11) is 5.08. The van der Waals surface area contributed by atoms with E-state index in [1.165, 1.54) is 0 Å². The Labute approximate surface area is 149 Å². The molecule has 1 saturated carbocycles. The van der Waals surface area contributed by atoms with Gasteiger partial charge in [-0.1, -0.05) is 31.4 Å². The normalized spacial score (nSPS) is 16.1. The summed E-state index contributed by atoms with van der Waals surface area (Å²) in [4.78, 5) is 14.3. The fraction of sp³-hybridized carbons (Fsp3) is 0.579. The Bertz CT molecular complexity index is 633. The Kier molecular flexibility index (Phi) is 6.65. The van der Waals surface area contributed by atoms with Crippen molar-refractivity contribution in [3.8, 4) is 17.6 Å². The first-order chi connectivity index (χ1) is 12.0. The minimum Gasteiger partial charge on any atom is -0.493 e. The maximum absolute atomic E-state index is 12.4. The van der Waals surface area contributed by atoms with Gasteiger partial charge in [-0.15, -0.1) is 0 Å². The molecular formula is C19H27N3O3. The van der Waals surface area contributed by atoms with Gasteiger partial charge in [0.25, 0.3) is 0 Å². The molecule has 0 spiro atoms. The van der Waals surface area contributed by atoms with Crippen LogP contribution in [0.4, 0.5) is 0 Å². The lowest BCUT2D eigenvalue weighted by atomic mass is 9.83. The molecule has 25 heavy (non-hydrogen) atoms. The lowest BCUT2D eigenvalue weighted by molar-refractivity contribution is -0.123. The molecule has 136 valence electrons. The summed E-state index contributed by atoms with van der Waals surface area (Å²) < 4.78 is 10.7. The molecule has 1 fully saturated rings. The van der Waals surface area contributed by atoms with Gasteiger partial charge in [0.05, 0.1) is 26.8 Å². The SMILES string of the molecule is COc1cccc(CN(C)CC(=O)NC2(C#N)CCCCC2)c1OC. The number of rotatable bonds is 7. The van der Waals surface area contributed by atoms with Crippen molar-refractivity contribution >= 4 is 5.91 Å². The standard InChI is InChI=1S/C19H27N3O3/c1-22(12-15-8-7-9-16(24-2)18(15)25-3)13-17(23)21-19(14-20)10-5-4-6-11-19/h7-9H,4-6,10-13H2,1-3H3,(H,21,23). The maximum Gasteiger partial charge on any atom is 0.235 e. The number of methoxy groups -OCH3 is 2. The van der Waals surface area contributed by atoms with Crippen LogP contribution >= 0.6 is 0 Å². The van der Waals surface area contributed by atoms with Gasteiger partial charge in [0.1, 0.15) is 5.54 Å². The Hall–Kier alpha value is -2.26. The van der Waals surface area contributed by atoms with Crippen molar-refractivity contribution in [1.29, 1.82) is 5.26 Å². The number of para-hydroxylation sites is 1. The summed E-state index contributed by atoms with van der Waals surface area (Å²) in [6.45, 7) is 0.775. The van der Waals surface area contributed by atoms with Crippen molar-refractivity contribution in [3.63, 3.8) is 0 Å². The molecule has 2 rings (SSSR count). The first-order valence-corrected chi connectivity index (χ1v) is 8.64. The van der Waals surface area contributed by atoms with Crippen LogP contribution in [0.1, 0.15) is 37.7 Å². The third-order valence-electron chi connectivity index (χ3n) is 4.64. The van der Waals surface area contributed by atoms with Crippen LogP contribution in [0.15, 0.2) is 18.2 Å². The average molecular weight is 345 g/mol. The quantitative estimate of drug-likeness (QED) is 0.822. The van der Waals surface area contributed by atoms with Crippen LogP contribution < -0.4 is 14.8 Å². The van der Waals surface area contributed by atoms with Gasteiger partial charge in [-0.25, -0.2) is 0 Å². The van der Waals surface area contributed by atoms with E-state index in [9.17, 15) is 10.1 Å². The molecule has 1 aliphatic carbocycles. The van der Waals surface area contributed by atoms with Crippen molar-refractivity contribution in [2.45, 2.75) is 44.2 Å². The zero-order valence-electron chi connectivity index (χ0n) is 15.3. The number of hydrogen-bond acceptors (Lipinski definition) is 5. The molecular weight excluding hydrogens is 318 g/mol. The number of nitrogens with zero attached hydrogens (tertiary/aromatic N) is 2. The first-order valence-electron chi connectivity index (χ1n) is 8.64. The number of carbonyl (C=O) groups excluding carboxylic acids is 1. The van der Waals surface area contributed by atoms with Crippen LogP contribution in [0.5, 0.6) is 11.5 Å². The van der Waals surface area contributed by atoms with Crippen molar-refractivity contribution in [1.82, 2.24) is 10.2 Å². The zero-order chi connectivity index (χ0) is 18.3. The number of likely N-dealkylation sites (N-methyl/N-ethyl adjacent to an activating group) is 1. The molecule has 1 aliphatic rings. The molecule has 1 aromatic rings. The largest absolute Gasteiger partial charge is 0.493 e. The minimum absolute atomic E-state index is 0.118. The number of ether oxygens (including phenoxy) is 2. The number of nitrogens with one attached hydrogen (secondary N) is 1. The van der Waals surface area contributed by atoms with E-state index in [2.05, 4.69) is 11.4 Å². The Morgan fingerprint density at radius 2 is 2.00 bits per heavy atom. The van der Waals surface area contributed by atoms with Crippen LogP contribution in [-0.4, -0.2) is 44.2 Å². The van der Waals surface area contributed by atoms with E-state index in [1.54, 1.807) is 14.2 Å². The molecule has 1 N–H and O–H groups in total. The summed E-state index contributed by atoms with van der Waals surface area (Å²) in [5.41, 5.74) is 0.258. The van der Waals surface area contributed by atoms with E-state index in [1.807, 2.05) is 30.1 Å². The fourth-order valence-electron chi connectivity index (χ4n) is 3.40. The van der Waals surface area contributed by atoms with Gasteiger partial charge in [-0.05, 0) is 26.0 Å². The maximum atomic E-state index is 12.4. The Morgan fingerprint density at radius 1 is 1.28 bits per heavy atom. The predicted molar refractivity (Wildman–Crippen MR) is 95.5 cm³/mol. The van der Waals surface area contributed by atoms with Crippen molar-refractivity contribution in [2.24, 2.45) is 0 Å².